The molecule has 4 nitrogen and oxygen atoms in total. The summed E-state index contributed by atoms with van der Waals surface area (Å²) in [4.78, 5) is 19.5. The molecule has 0 bridgehead atoms. The number of halogens is 2. The van der Waals surface area contributed by atoms with E-state index in [0.29, 0.717) is 28.4 Å². The average molecular weight is 368 g/mol. The summed E-state index contributed by atoms with van der Waals surface area (Å²) in [6, 6.07) is 10.2. The Balaban J connectivity index is 1.63. The molecular weight excluding hydrogens is 353 g/mol. The van der Waals surface area contributed by atoms with E-state index in [4.69, 9.17) is 11.6 Å². The number of carbonyl (C=O) groups excluding carboxylic acids is 1. The molecule has 0 fully saturated rings. The van der Waals surface area contributed by atoms with Gasteiger partial charge >= 0.3 is 0 Å². The second kappa shape index (κ2) is 6.77. The Morgan fingerprint density at radius 3 is 2.85 bits per heavy atom. The van der Waals surface area contributed by atoms with Gasteiger partial charge in [0, 0.05) is 46.7 Å². The molecular formula is C20H15ClFN3O. The number of fused-ring (bicyclic) bond motifs is 1. The van der Waals surface area contributed by atoms with Crippen LogP contribution in [0.1, 0.15) is 27.3 Å². The summed E-state index contributed by atoms with van der Waals surface area (Å²) < 4.78 is 13.9. The average Bonchev–Trinajstić information content (AvgIpc) is 3.07. The number of H-pyrrole nitrogens is 1. The molecule has 0 radical (unpaired) electrons. The summed E-state index contributed by atoms with van der Waals surface area (Å²) in [5.74, 6) is -0.436. The van der Waals surface area contributed by atoms with Crippen molar-refractivity contribution in [3.8, 4) is 11.3 Å². The van der Waals surface area contributed by atoms with Gasteiger partial charge in [-0.1, -0.05) is 17.7 Å². The maximum Gasteiger partial charge on any atom is 0.253 e. The number of rotatable bonds is 3. The highest BCUT2D eigenvalue weighted by Gasteiger charge is 2.19. The van der Waals surface area contributed by atoms with E-state index >= 15 is 0 Å². The lowest BCUT2D eigenvalue weighted by atomic mass is 10.1. The van der Waals surface area contributed by atoms with E-state index in [1.165, 1.54) is 6.07 Å². The summed E-state index contributed by atoms with van der Waals surface area (Å²) in [5, 5.41) is 3.20. The van der Waals surface area contributed by atoms with E-state index in [1.807, 2.05) is 18.2 Å². The largest absolute Gasteiger partial charge is 0.358 e. The van der Waals surface area contributed by atoms with Crippen LogP contribution in [0.15, 0.2) is 42.6 Å². The van der Waals surface area contributed by atoms with Gasteiger partial charge in [-0.2, -0.15) is 0 Å². The Bertz CT molecular complexity index is 1030. The van der Waals surface area contributed by atoms with Gasteiger partial charge in [0.15, 0.2) is 0 Å². The third-order valence-electron chi connectivity index (χ3n) is 4.29. The molecule has 1 amide bonds. The molecule has 0 spiro atoms. The van der Waals surface area contributed by atoms with E-state index in [-0.39, 0.29) is 11.7 Å². The Morgan fingerprint density at radius 2 is 2.04 bits per heavy atom. The molecule has 1 aliphatic heterocycles. The standard InChI is InChI=1S/C20H15ClFN3O/c21-14-3-1-12(17(22)10-14)2-4-15-9-13(5-7-23-15)19-11-16-18(25-19)6-8-24-20(16)26/h1-5,7,9-11,25H,6,8H2,(H,24,26)/b4-2+. The zero-order valence-corrected chi connectivity index (χ0v) is 14.5. The third kappa shape index (κ3) is 3.26. The topological polar surface area (TPSA) is 57.8 Å². The molecule has 0 aliphatic carbocycles. The third-order valence-corrected chi connectivity index (χ3v) is 4.53. The number of hydrogen-bond acceptors (Lipinski definition) is 2. The van der Waals surface area contributed by atoms with E-state index < -0.39 is 0 Å². The molecule has 0 atom stereocenters. The first kappa shape index (κ1) is 16.5. The van der Waals surface area contributed by atoms with Crippen molar-refractivity contribution in [1.82, 2.24) is 15.3 Å². The first-order chi connectivity index (χ1) is 12.6. The highest BCUT2D eigenvalue weighted by Crippen LogP contribution is 2.25. The lowest BCUT2D eigenvalue weighted by molar-refractivity contribution is 0.0946. The van der Waals surface area contributed by atoms with Gasteiger partial charge in [-0.15, -0.1) is 0 Å². The predicted molar refractivity (Wildman–Crippen MR) is 100 cm³/mol. The first-order valence-electron chi connectivity index (χ1n) is 8.20. The normalized spacial score (nSPS) is 13.7. The van der Waals surface area contributed by atoms with Crippen LogP contribution in [0.3, 0.4) is 0 Å². The lowest BCUT2D eigenvalue weighted by Gasteiger charge is -2.10. The second-order valence-electron chi connectivity index (χ2n) is 6.05. The van der Waals surface area contributed by atoms with Crippen molar-refractivity contribution in [2.45, 2.75) is 6.42 Å². The van der Waals surface area contributed by atoms with Gasteiger partial charge < -0.3 is 10.3 Å². The maximum atomic E-state index is 13.9. The fraction of sp³-hybridized carbons (Fsp3) is 0.100. The number of aromatic nitrogens is 2. The first-order valence-corrected chi connectivity index (χ1v) is 8.57. The molecule has 3 aromatic rings. The molecule has 26 heavy (non-hydrogen) atoms. The molecule has 6 heteroatoms. The lowest BCUT2D eigenvalue weighted by Crippen LogP contribution is -2.31. The van der Waals surface area contributed by atoms with Crippen LogP contribution in [0.25, 0.3) is 23.4 Å². The van der Waals surface area contributed by atoms with Crippen LogP contribution in [0.4, 0.5) is 4.39 Å². The number of aromatic amines is 1. The van der Waals surface area contributed by atoms with Crippen LogP contribution >= 0.6 is 11.6 Å². The minimum Gasteiger partial charge on any atom is -0.358 e. The number of carbonyl (C=O) groups is 1. The fourth-order valence-electron chi connectivity index (χ4n) is 2.97. The SMILES string of the molecule is O=C1NCCc2[nH]c(-c3ccnc(/C=C/c4ccc(Cl)cc4F)c3)cc21. The summed E-state index contributed by atoms with van der Waals surface area (Å²) in [7, 11) is 0. The zero-order chi connectivity index (χ0) is 18.1. The van der Waals surface area contributed by atoms with Crippen molar-refractivity contribution in [3.63, 3.8) is 0 Å². The summed E-state index contributed by atoms with van der Waals surface area (Å²) in [5.41, 5.74) is 4.53. The molecule has 2 N–H and O–H groups in total. The van der Waals surface area contributed by atoms with Gasteiger partial charge in [-0.05, 0) is 42.5 Å². The van der Waals surface area contributed by atoms with Crippen LogP contribution in [0.2, 0.25) is 5.02 Å². The Hall–Kier alpha value is -2.92. The highest BCUT2D eigenvalue weighted by molar-refractivity contribution is 6.30. The van der Waals surface area contributed by atoms with Crippen LogP contribution in [0, 0.1) is 5.82 Å². The summed E-state index contributed by atoms with van der Waals surface area (Å²) >= 11 is 5.77. The minimum atomic E-state index is -0.382. The van der Waals surface area contributed by atoms with Gasteiger partial charge in [0.2, 0.25) is 0 Å². The van der Waals surface area contributed by atoms with Crippen molar-refractivity contribution >= 4 is 29.7 Å². The van der Waals surface area contributed by atoms with E-state index in [9.17, 15) is 9.18 Å². The molecule has 2 aromatic heterocycles. The Morgan fingerprint density at radius 1 is 1.15 bits per heavy atom. The van der Waals surface area contributed by atoms with Gasteiger partial charge in [0.1, 0.15) is 5.82 Å². The molecule has 0 saturated heterocycles. The van der Waals surface area contributed by atoms with Crippen molar-refractivity contribution < 1.29 is 9.18 Å². The van der Waals surface area contributed by atoms with Crippen LogP contribution < -0.4 is 5.32 Å². The molecule has 0 saturated carbocycles. The van der Waals surface area contributed by atoms with E-state index in [2.05, 4.69) is 15.3 Å². The molecule has 130 valence electrons. The predicted octanol–water partition coefficient (Wildman–Crippen LogP) is 4.33. The smallest absolute Gasteiger partial charge is 0.253 e. The molecule has 1 aromatic carbocycles. The highest BCUT2D eigenvalue weighted by atomic mass is 35.5. The van der Waals surface area contributed by atoms with Crippen molar-refractivity contribution in [2.24, 2.45) is 0 Å². The van der Waals surface area contributed by atoms with E-state index in [1.54, 1.807) is 30.5 Å². The number of nitrogens with zero attached hydrogens (tertiary/aromatic N) is 1. The molecule has 1 aliphatic rings. The second-order valence-corrected chi connectivity index (χ2v) is 6.49. The monoisotopic (exact) mass is 367 g/mol. The van der Waals surface area contributed by atoms with Crippen molar-refractivity contribution in [1.29, 1.82) is 0 Å². The molecule has 4 rings (SSSR count). The van der Waals surface area contributed by atoms with Gasteiger partial charge in [0.25, 0.3) is 5.91 Å². The van der Waals surface area contributed by atoms with Crippen molar-refractivity contribution in [2.75, 3.05) is 6.54 Å². The number of hydrogen-bond donors (Lipinski definition) is 2. The van der Waals surface area contributed by atoms with Gasteiger partial charge in [-0.3, -0.25) is 9.78 Å². The van der Waals surface area contributed by atoms with Gasteiger partial charge in [-0.25, -0.2) is 4.39 Å². The number of amides is 1. The van der Waals surface area contributed by atoms with Crippen LogP contribution in [-0.2, 0) is 6.42 Å². The molecule has 3 heterocycles. The van der Waals surface area contributed by atoms with Crippen molar-refractivity contribution in [3.05, 3.63) is 75.9 Å². The fourth-order valence-corrected chi connectivity index (χ4v) is 3.13. The number of pyridine rings is 1. The Labute approximate surface area is 154 Å². The minimum absolute atomic E-state index is 0.0545. The van der Waals surface area contributed by atoms with E-state index in [0.717, 1.165) is 23.4 Å². The Kier molecular flexibility index (Phi) is 4.31. The number of benzene rings is 1. The summed E-state index contributed by atoms with van der Waals surface area (Å²) in [6.07, 6.45) is 5.87. The quantitative estimate of drug-likeness (QED) is 0.724. The summed E-state index contributed by atoms with van der Waals surface area (Å²) in [6.45, 7) is 0.642. The molecule has 0 unspecified atom stereocenters. The maximum absolute atomic E-state index is 13.9. The van der Waals surface area contributed by atoms with Crippen LogP contribution in [0.5, 0.6) is 0 Å². The number of nitrogens with one attached hydrogen (secondary N) is 2. The van der Waals surface area contributed by atoms with Crippen LogP contribution in [-0.4, -0.2) is 22.4 Å². The van der Waals surface area contributed by atoms with Gasteiger partial charge in [0.05, 0.1) is 11.3 Å². The zero-order valence-electron chi connectivity index (χ0n) is 13.7.